The maximum absolute atomic E-state index is 11.6. The molecule has 106 valence electrons. The molecule has 0 saturated heterocycles. The van der Waals surface area contributed by atoms with Gasteiger partial charge in [-0.15, -0.1) is 0 Å². The fourth-order valence-electron chi connectivity index (χ4n) is 2.87. The molecule has 0 atom stereocenters. The first-order valence-corrected chi connectivity index (χ1v) is 6.61. The molecule has 0 spiro atoms. The molecule has 0 aliphatic carbocycles. The minimum Gasteiger partial charge on any atom is -0.488 e. The van der Waals surface area contributed by atoms with Crippen molar-refractivity contribution in [2.45, 2.75) is 26.5 Å². The van der Waals surface area contributed by atoms with Gasteiger partial charge in [-0.2, -0.15) is 0 Å². The Hall–Kier alpha value is -2.01. The second-order valence-corrected chi connectivity index (χ2v) is 4.92. The van der Waals surface area contributed by atoms with E-state index in [0.29, 0.717) is 13.2 Å². The molecule has 0 fully saturated rings. The molecule has 5 heteroatoms. The van der Waals surface area contributed by atoms with Crippen LogP contribution in [0.25, 0.3) is 10.9 Å². The van der Waals surface area contributed by atoms with Gasteiger partial charge in [0.1, 0.15) is 12.4 Å². The molecule has 0 saturated carbocycles. The Morgan fingerprint density at radius 2 is 2.30 bits per heavy atom. The quantitative estimate of drug-likeness (QED) is 0.860. The summed E-state index contributed by atoms with van der Waals surface area (Å²) in [5.74, 6) is 0.624. The van der Waals surface area contributed by atoms with Gasteiger partial charge in [0, 0.05) is 28.7 Å². The van der Waals surface area contributed by atoms with Crippen molar-refractivity contribution in [1.82, 2.24) is 4.57 Å². The Morgan fingerprint density at radius 1 is 1.50 bits per heavy atom. The number of esters is 1. The lowest BCUT2D eigenvalue weighted by Crippen LogP contribution is -2.11. The summed E-state index contributed by atoms with van der Waals surface area (Å²) in [4.78, 5) is 11.6. The lowest BCUT2D eigenvalue weighted by molar-refractivity contribution is -0.139. The summed E-state index contributed by atoms with van der Waals surface area (Å²) in [6.07, 6.45) is 0.244. The minimum atomic E-state index is -0.256. The number of carbonyl (C=O) groups excluding carboxylic acids is 1. The van der Waals surface area contributed by atoms with E-state index in [9.17, 15) is 9.90 Å². The summed E-state index contributed by atoms with van der Waals surface area (Å²) in [6, 6.07) is 3.92. The zero-order valence-electron chi connectivity index (χ0n) is 11.6. The third-order valence-corrected chi connectivity index (χ3v) is 3.93. The standard InChI is InChI=1S/C15H17NO4/c1-9-10(7-14(18)19-2)15-11-8-20-13(11)4-3-12(15)16(9)5-6-17/h3-4,17H,5-8H2,1-2H3. The number of hydrogen-bond donors (Lipinski definition) is 1. The molecule has 0 amide bonds. The second-order valence-electron chi connectivity index (χ2n) is 4.92. The molecule has 20 heavy (non-hydrogen) atoms. The molecule has 2 heterocycles. The van der Waals surface area contributed by atoms with E-state index in [4.69, 9.17) is 9.47 Å². The van der Waals surface area contributed by atoms with Crippen LogP contribution in [0.5, 0.6) is 5.75 Å². The highest BCUT2D eigenvalue weighted by molar-refractivity contribution is 5.94. The van der Waals surface area contributed by atoms with Crippen LogP contribution in [0.4, 0.5) is 0 Å². The molecule has 0 unspecified atom stereocenters. The van der Waals surface area contributed by atoms with Gasteiger partial charge in [0.15, 0.2) is 0 Å². The second kappa shape index (κ2) is 4.83. The molecule has 1 aromatic carbocycles. The van der Waals surface area contributed by atoms with Crippen LogP contribution in [-0.4, -0.2) is 29.4 Å². The molecule has 0 radical (unpaired) electrons. The SMILES string of the molecule is COC(=O)Cc1c(C)n(CCO)c2ccc3c(c12)CO3. The fraction of sp³-hybridized carbons (Fsp3) is 0.400. The smallest absolute Gasteiger partial charge is 0.310 e. The van der Waals surface area contributed by atoms with Gasteiger partial charge >= 0.3 is 5.97 Å². The van der Waals surface area contributed by atoms with Gasteiger partial charge in [-0.3, -0.25) is 4.79 Å². The first-order chi connectivity index (χ1) is 9.67. The molecule has 1 N–H and O–H groups in total. The van der Waals surface area contributed by atoms with E-state index in [1.54, 1.807) is 0 Å². The van der Waals surface area contributed by atoms with E-state index in [-0.39, 0.29) is 19.0 Å². The molecular weight excluding hydrogens is 258 g/mol. The van der Waals surface area contributed by atoms with Crippen LogP contribution in [0.3, 0.4) is 0 Å². The number of benzene rings is 1. The summed E-state index contributed by atoms with van der Waals surface area (Å²) in [7, 11) is 1.39. The van der Waals surface area contributed by atoms with Gasteiger partial charge in [-0.25, -0.2) is 0 Å². The zero-order chi connectivity index (χ0) is 14.3. The first-order valence-electron chi connectivity index (χ1n) is 6.61. The maximum atomic E-state index is 11.6. The number of nitrogens with zero attached hydrogens (tertiary/aromatic N) is 1. The third kappa shape index (κ3) is 1.78. The normalized spacial score (nSPS) is 12.8. The predicted molar refractivity (Wildman–Crippen MR) is 73.8 cm³/mol. The van der Waals surface area contributed by atoms with Crippen molar-refractivity contribution in [2.75, 3.05) is 13.7 Å². The van der Waals surface area contributed by atoms with Gasteiger partial charge in [-0.05, 0) is 24.6 Å². The summed E-state index contributed by atoms with van der Waals surface area (Å²) in [6.45, 7) is 3.13. The number of carbonyl (C=O) groups is 1. The molecule has 1 aromatic heterocycles. The number of methoxy groups -OCH3 is 1. The minimum absolute atomic E-state index is 0.0653. The number of aliphatic hydroxyl groups excluding tert-OH is 1. The Bertz CT molecular complexity index is 687. The van der Waals surface area contributed by atoms with Crippen LogP contribution >= 0.6 is 0 Å². The van der Waals surface area contributed by atoms with Crippen molar-refractivity contribution in [2.24, 2.45) is 0 Å². The maximum Gasteiger partial charge on any atom is 0.310 e. The number of ether oxygens (including phenoxy) is 2. The van der Waals surface area contributed by atoms with Gasteiger partial charge in [0.25, 0.3) is 0 Å². The Labute approximate surface area is 116 Å². The van der Waals surface area contributed by atoms with E-state index in [0.717, 1.165) is 33.5 Å². The summed E-state index contributed by atoms with van der Waals surface area (Å²) in [5.41, 5.74) is 4.15. The largest absolute Gasteiger partial charge is 0.488 e. The van der Waals surface area contributed by atoms with Gasteiger partial charge in [0.2, 0.25) is 0 Å². The van der Waals surface area contributed by atoms with E-state index in [1.165, 1.54) is 7.11 Å². The monoisotopic (exact) mass is 275 g/mol. The van der Waals surface area contributed by atoms with E-state index >= 15 is 0 Å². The lowest BCUT2D eigenvalue weighted by atomic mass is 10.00. The molecule has 2 aromatic rings. The number of aromatic nitrogens is 1. The summed E-state index contributed by atoms with van der Waals surface area (Å²) in [5, 5.41) is 10.3. The molecular formula is C15H17NO4. The number of rotatable bonds is 4. The van der Waals surface area contributed by atoms with Crippen molar-refractivity contribution in [3.8, 4) is 5.75 Å². The molecule has 0 bridgehead atoms. The average Bonchev–Trinajstić information content (AvgIpc) is 2.65. The molecule has 5 nitrogen and oxygen atoms in total. The highest BCUT2D eigenvalue weighted by Gasteiger charge is 2.25. The fourth-order valence-corrected chi connectivity index (χ4v) is 2.87. The Balaban J connectivity index is 2.23. The Kier molecular flexibility index (Phi) is 3.14. The van der Waals surface area contributed by atoms with Crippen LogP contribution in [0, 0.1) is 6.92 Å². The lowest BCUT2D eigenvalue weighted by Gasteiger charge is -2.21. The van der Waals surface area contributed by atoms with Crippen LogP contribution in [-0.2, 0) is 29.1 Å². The van der Waals surface area contributed by atoms with Crippen LogP contribution in [0.15, 0.2) is 12.1 Å². The number of fused-ring (bicyclic) bond motifs is 3. The van der Waals surface area contributed by atoms with Crippen molar-refractivity contribution in [3.63, 3.8) is 0 Å². The predicted octanol–water partition coefficient (Wildman–Crippen LogP) is 1.55. The van der Waals surface area contributed by atoms with E-state index in [1.807, 2.05) is 23.6 Å². The van der Waals surface area contributed by atoms with Gasteiger partial charge in [0.05, 0.1) is 20.1 Å². The van der Waals surface area contributed by atoms with Crippen molar-refractivity contribution in [1.29, 1.82) is 0 Å². The molecule has 3 rings (SSSR count). The van der Waals surface area contributed by atoms with E-state index < -0.39 is 0 Å². The molecule has 1 aliphatic heterocycles. The molecule has 1 aliphatic rings. The third-order valence-electron chi connectivity index (χ3n) is 3.93. The summed E-state index contributed by atoms with van der Waals surface area (Å²) >= 11 is 0. The first kappa shape index (κ1) is 13.0. The van der Waals surface area contributed by atoms with Crippen molar-refractivity contribution < 1.29 is 19.4 Å². The van der Waals surface area contributed by atoms with Crippen molar-refractivity contribution in [3.05, 3.63) is 29.0 Å². The zero-order valence-corrected chi connectivity index (χ0v) is 11.6. The Morgan fingerprint density at radius 3 is 2.90 bits per heavy atom. The topological polar surface area (TPSA) is 60.7 Å². The summed E-state index contributed by atoms with van der Waals surface area (Å²) < 4.78 is 12.2. The van der Waals surface area contributed by atoms with Crippen molar-refractivity contribution >= 4 is 16.9 Å². The van der Waals surface area contributed by atoms with Crippen LogP contribution in [0.1, 0.15) is 16.8 Å². The highest BCUT2D eigenvalue weighted by Crippen LogP contribution is 2.39. The van der Waals surface area contributed by atoms with E-state index in [2.05, 4.69) is 0 Å². The van der Waals surface area contributed by atoms with Crippen LogP contribution in [0.2, 0.25) is 0 Å². The van der Waals surface area contributed by atoms with Gasteiger partial charge in [-0.1, -0.05) is 0 Å². The van der Waals surface area contributed by atoms with Crippen LogP contribution < -0.4 is 4.74 Å². The average molecular weight is 275 g/mol. The van der Waals surface area contributed by atoms with Gasteiger partial charge < -0.3 is 19.1 Å². The number of hydrogen-bond acceptors (Lipinski definition) is 4. The number of aliphatic hydroxyl groups is 1. The highest BCUT2D eigenvalue weighted by atomic mass is 16.5.